The van der Waals surface area contributed by atoms with Crippen molar-refractivity contribution in [3.8, 4) is 0 Å². The second-order valence-electron chi connectivity index (χ2n) is 0.250. The van der Waals surface area contributed by atoms with Gasteiger partial charge in [0.15, 0.2) is 0 Å². The van der Waals surface area contributed by atoms with Crippen LogP contribution in [0.2, 0.25) is 0 Å². The van der Waals surface area contributed by atoms with E-state index < -0.39 is 0 Å². The summed E-state index contributed by atoms with van der Waals surface area (Å²) in [4.78, 5) is 0. The molecule has 0 unspecified atom stereocenters. The van der Waals surface area contributed by atoms with Gasteiger partial charge in [-0.05, 0) is 0 Å². The third-order valence-corrected chi connectivity index (χ3v) is 0. The van der Waals surface area contributed by atoms with E-state index in [4.69, 9.17) is 0 Å². The van der Waals surface area contributed by atoms with Crippen LogP contribution in [0.5, 0.6) is 0 Å². The molecule has 0 fully saturated rings. The van der Waals surface area contributed by atoms with Gasteiger partial charge < -0.3 is 19.4 Å². The summed E-state index contributed by atoms with van der Waals surface area (Å²) in [5, 5.41) is 2.25. The Balaban J connectivity index is -0.0000000200. The minimum Gasteiger partial charge on any atom is -0.623 e. The molecule has 0 aliphatic carbocycles. The van der Waals surface area contributed by atoms with Crippen LogP contribution in [-0.4, -0.2) is 0 Å². The van der Waals surface area contributed by atoms with E-state index in [0.29, 0.717) is 0 Å². The molecule has 0 bridgehead atoms. The van der Waals surface area contributed by atoms with Crippen molar-refractivity contribution in [2.45, 2.75) is 0 Å². The number of hydrogen-bond donors (Lipinski definition) is 1. The molecule has 0 heterocycles. The second-order valence-corrected chi connectivity index (χ2v) is 0.250. The third kappa shape index (κ3) is 0.000754. The Bertz CT molecular complexity index is 7.61. The second kappa shape index (κ2) is 1.67. The van der Waals surface area contributed by atoms with Crippen LogP contribution in [0.4, 0.5) is 0 Å². The fourth-order valence-electron chi connectivity index (χ4n) is 0. The van der Waals surface area contributed by atoms with Crippen molar-refractivity contribution in [2.75, 3.05) is 0 Å². The number of rotatable bonds is 0. The van der Waals surface area contributed by atoms with Crippen molar-refractivity contribution in [1.82, 2.24) is 5.32 Å². The maximum absolute atomic E-state index is 3.12. The van der Waals surface area contributed by atoms with Gasteiger partial charge in [-0.2, -0.15) is 0 Å². The summed E-state index contributed by atoms with van der Waals surface area (Å²) in [5.41, 5.74) is 0. The van der Waals surface area contributed by atoms with Crippen LogP contribution < -0.4 is 5.32 Å². The van der Waals surface area contributed by atoms with Crippen molar-refractivity contribution in [3.63, 3.8) is 0 Å². The zero-order chi connectivity index (χ0) is 2.71. The number of hydrogen-bond acceptors (Lipinski definition) is 1. The van der Waals surface area contributed by atoms with E-state index in [1.165, 1.54) is 0 Å². The van der Waals surface area contributed by atoms with E-state index >= 15 is 0 Å². The topological polar surface area (TPSA) is 12.0 Å². The van der Waals surface area contributed by atoms with Crippen molar-refractivity contribution in [1.29, 1.82) is 0 Å². The van der Waals surface area contributed by atoms with Gasteiger partial charge in [0, 0.05) is 0 Å². The first kappa shape index (κ1) is 7110. The fraction of sp³-hybridized carbons (Fsp3) is 0. The zero-order valence-electron chi connectivity index (χ0n) is 3.33. The van der Waals surface area contributed by atoms with Crippen molar-refractivity contribution in [3.05, 3.63) is 14.1 Å². The van der Waals surface area contributed by atoms with Crippen LogP contribution in [0, 0.1) is 14.1 Å². The Morgan fingerprint density at radius 2 is 1.00 bits per heavy atom. The molecular weight excluding hydrogens is 572 g/mol. The monoisotopic (exact) mass is 577 g/mol. The van der Waals surface area contributed by atoms with Gasteiger partial charge in [0.05, 0.1) is 0 Å². The molecule has 0 radical (unpaired) electrons. The third-order valence-electron chi connectivity index (χ3n) is 0. The summed E-state index contributed by atoms with van der Waals surface area (Å²) in [6.45, 7) is 0. The summed E-state index contributed by atoms with van der Waals surface area (Å²) in [7, 11) is 6.25. The van der Waals surface area contributed by atoms with Crippen LogP contribution >= 0.6 is 0 Å². The smallest absolute Gasteiger partial charge is 0 e. The summed E-state index contributed by atoms with van der Waals surface area (Å²) >= 11 is 0. The molecule has 0 rings (SSSR count). The quantitative estimate of drug-likeness (QED) is 0.405. The first-order valence-corrected chi connectivity index (χ1v) is 0.707. The SMILES string of the molecule is [CH2-]N[CH2-].[Rf].[Rf]. The average Bonchev–Trinajstić information content (AvgIpc) is 0.918. The summed E-state index contributed by atoms with van der Waals surface area (Å²) in [5.74, 6) is 0. The number of nitrogens with one attached hydrogen (secondary N) is 1. The molecule has 0 saturated heterocycles. The maximum atomic E-state index is 3.12. The molecule has 0 aromatic heterocycles. The van der Waals surface area contributed by atoms with Crippen molar-refractivity contribution < 1.29 is 0 Å². The van der Waals surface area contributed by atoms with Gasteiger partial charge in [-0.15, -0.1) is 0 Å². The van der Waals surface area contributed by atoms with Crippen LogP contribution in [0.3, 0.4) is 0 Å². The van der Waals surface area contributed by atoms with Crippen molar-refractivity contribution in [2.24, 2.45) is 0 Å². The standard InChI is InChI=1S/C2H5N.2Rf/c1-3-2;;/h3H,1-2H2;;/q-2;;. The van der Waals surface area contributed by atoms with Crippen LogP contribution in [-0.2, 0) is 0 Å². The summed E-state index contributed by atoms with van der Waals surface area (Å²) in [6.07, 6.45) is 0. The molecule has 0 aromatic carbocycles. The predicted octanol–water partition coefficient (Wildman–Crippen LogP) is 0.159. The molecule has 0 amide bonds. The molecule has 0 aliphatic heterocycles. The molecule has 0 saturated carbocycles. The Morgan fingerprint density at radius 1 is 1.00 bits per heavy atom. The van der Waals surface area contributed by atoms with Gasteiger partial charge in [-0.1, -0.05) is 0 Å². The van der Waals surface area contributed by atoms with Gasteiger partial charge in [0.25, 0.3) is 0 Å². The van der Waals surface area contributed by atoms with Gasteiger partial charge in [-0.25, -0.2) is 0 Å². The zero-order valence-corrected chi connectivity index (χ0v) is 16.1. The van der Waals surface area contributed by atoms with E-state index in [0.717, 1.165) is 0 Å². The predicted molar refractivity (Wildman–Crippen MR) is 13.8 cm³/mol. The first-order chi connectivity index (χ1) is 1.41. The van der Waals surface area contributed by atoms with Crippen LogP contribution in [0.25, 0.3) is 0 Å². The van der Waals surface area contributed by atoms with Crippen LogP contribution in [0.15, 0.2) is 0 Å². The molecule has 1 nitrogen and oxygen atoms in total. The van der Waals surface area contributed by atoms with E-state index in [-0.39, 0.29) is 0 Å². The van der Waals surface area contributed by atoms with Gasteiger partial charge in [0.1, 0.15) is 0 Å². The molecule has 5 heavy (non-hydrogen) atoms. The van der Waals surface area contributed by atoms with Crippen molar-refractivity contribution >= 4 is 0 Å². The Labute approximate surface area is 20.7 Å². The fourth-order valence-corrected chi connectivity index (χ4v) is 0. The maximum Gasteiger partial charge on any atom is 0 e. The Kier molecular flexibility index (Phi) is 2370. The molecule has 3 heteroatoms. The Morgan fingerprint density at radius 3 is 1.00 bits per heavy atom. The molecule has 0 atom stereocenters. The molecule has 0 aliphatic rings. The minimum atomic E-state index is 0. The molecular formula is C2H5NRf2-2. The molecule has 24 valence electrons. The average molecular weight is 577 g/mol. The molecule has 1 N–H and O–H groups in total. The molecule has 0 spiro atoms. The van der Waals surface area contributed by atoms with Gasteiger partial charge in [-0.3, -0.25) is 0 Å². The van der Waals surface area contributed by atoms with E-state index in [1.807, 2.05) is 0 Å². The van der Waals surface area contributed by atoms with Gasteiger partial charge >= 0.3 is 0 Å². The van der Waals surface area contributed by atoms with Gasteiger partial charge in [0.2, 0.25) is 0 Å². The van der Waals surface area contributed by atoms with E-state index in [2.05, 4.69) is 19.4 Å². The Hall–Kier alpha value is -2.04. The van der Waals surface area contributed by atoms with E-state index in [9.17, 15) is 0 Å². The summed E-state index contributed by atoms with van der Waals surface area (Å²) < 4.78 is 0. The minimum absolute atomic E-state index is 0. The summed E-state index contributed by atoms with van der Waals surface area (Å²) in [6, 6.07) is 0. The normalized spacial score (nSPS) is 3.60. The largest absolute Gasteiger partial charge is 0.623 e. The van der Waals surface area contributed by atoms with Crippen LogP contribution in [0.1, 0.15) is 0 Å². The molecule has 0 aromatic rings. The first-order valence-electron chi connectivity index (χ1n) is 0.707. The van der Waals surface area contributed by atoms with E-state index in [1.54, 1.807) is 0 Å².